The smallest absolute Gasteiger partial charge is 0.439 e. The lowest BCUT2D eigenvalue weighted by Gasteiger charge is -2.32. The summed E-state index contributed by atoms with van der Waals surface area (Å²) in [5.41, 5.74) is -0.522. The minimum Gasteiger partial charge on any atom is -0.454 e. The van der Waals surface area contributed by atoms with E-state index >= 15 is 0 Å². The molecule has 1 saturated heterocycles. The van der Waals surface area contributed by atoms with Crippen molar-refractivity contribution in [3.63, 3.8) is 0 Å². The molecule has 16 heavy (non-hydrogen) atoms. The van der Waals surface area contributed by atoms with Crippen molar-refractivity contribution in [1.82, 2.24) is 0 Å². The highest BCUT2D eigenvalue weighted by atomic mass is 17.5. The normalized spacial score (nSPS) is 19.4. The second-order valence-corrected chi connectivity index (χ2v) is 5.81. The largest absolute Gasteiger partial charge is 0.454 e. The molecule has 1 rings (SSSR count). The van der Waals surface area contributed by atoms with Gasteiger partial charge in [0.05, 0.1) is 0 Å². The van der Waals surface area contributed by atoms with Crippen LogP contribution in [0.3, 0.4) is 0 Å². The zero-order chi connectivity index (χ0) is 12.6. The molecule has 0 bridgehead atoms. The highest BCUT2D eigenvalue weighted by molar-refractivity contribution is 5.77. The van der Waals surface area contributed by atoms with Gasteiger partial charge in [0.25, 0.3) is 0 Å². The van der Waals surface area contributed by atoms with Gasteiger partial charge in [0.2, 0.25) is 0 Å². The van der Waals surface area contributed by atoms with Crippen LogP contribution < -0.4 is 0 Å². The van der Waals surface area contributed by atoms with Gasteiger partial charge in [0.15, 0.2) is 0 Å². The van der Waals surface area contributed by atoms with Crippen LogP contribution in [0.2, 0.25) is 0 Å². The van der Waals surface area contributed by atoms with Crippen LogP contribution in [-0.2, 0) is 24.0 Å². The summed E-state index contributed by atoms with van der Waals surface area (Å²) in [5, 5.41) is 0. The minimum atomic E-state index is -1.63. The van der Waals surface area contributed by atoms with Gasteiger partial charge in [-0.2, -0.15) is 9.78 Å². The second-order valence-electron chi connectivity index (χ2n) is 5.81. The molecule has 5 heteroatoms. The topological polar surface area (TPSA) is 60.6 Å². The van der Waals surface area contributed by atoms with E-state index in [0.29, 0.717) is 0 Å². The van der Waals surface area contributed by atoms with Crippen molar-refractivity contribution < 1.29 is 24.0 Å². The van der Waals surface area contributed by atoms with Crippen molar-refractivity contribution in [1.29, 1.82) is 0 Å². The van der Waals surface area contributed by atoms with Gasteiger partial charge in [-0.1, -0.05) is 20.8 Å². The molecule has 94 valence electrons. The quantitative estimate of drug-likeness (QED) is 0.421. The second kappa shape index (κ2) is 3.98. The van der Waals surface area contributed by atoms with Crippen LogP contribution in [0.25, 0.3) is 0 Å². The third kappa shape index (κ3) is 3.43. The van der Waals surface area contributed by atoms with Crippen LogP contribution in [-0.4, -0.2) is 24.7 Å². The number of esters is 1. The molecule has 1 fully saturated rings. The van der Waals surface area contributed by atoms with Crippen molar-refractivity contribution in [3.8, 4) is 0 Å². The summed E-state index contributed by atoms with van der Waals surface area (Å²) in [5.74, 6) is -2.28. The van der Waals surface area contributed by atoms with E-state index in [1.54, 1.807) is 0 Å². The fourth-order valence-corrected chi connectivity index (χ4v) is 1.88. The molecule has 0 amide bonds. The SMILES string of the molecule is COC1(C(=O)OC(C)(C)CC(C)(C)C)OO1. The average molecular weight is 232 g/mol. The highest BCUT2D eigenvalue weighted by Crippen LogP contribution is 2.36. The predicted molar refractivity (Wildman–Crippen MR) is 56.2 cm³/mol. The maximum atomic E-state index is 11.7. The summed E-state index contributed by atoms with van der Waals surface area (Å²) in [6.07, 6.45) is 0.728. The molecular formula is C11H20O5. The van der Waals surface area contributed by atoms with Gasteiger partial charge in [-0.25, -0.2) is 4.79 Å². The van der Waals surface area contributed by atoms with Crippen molar-refractivity contribution in [2.24, 2.45) is 5.41 Å². The Balaban J connectivity index is 2.56. The van der Waals surface area contributed by atoms with Gasteiger partial charge in [-0.15, -0.1) is 0 Å². The molecule has 0 atom stereocenters. The standard InChI is InChI=1S/C11H20O5/c1-9(2,3)7-10(4,5)14-8(12)11(13-6)15-16-11/h7H2,1-6H3. The van der Waals surface area contributed by atoms with Crippen LogP contribution in [0.5, 0.6) is 0 Å². The summed E-state index contributed by atoms with van der Waals surface area (Å²) >= 11 is 0. The van der Waals surface area contributed by atoms with Crippen molar-refractivity contribution >= 4 is 5.97 Å². The first-order chi connectivity index (χ1) is 7.10. The molecule has 0 N–H and O–H groups in total. The Morgan fingerprint density at radius 1 is 1.19 bits per heavy atom. The molecule has 1 aliphatic heterocycles. The summed E-state index contributed by atoms with van der Waals surface area (Å²) < 4.78 is 10.1. The molecule has 1 aliphatic rings. The van der Waals surface area contributed by atoms with Gasteiger partial charge in [0, 0.05) is 7.11 Å². The van der Waals surface area contributed by atoms with Gasteiger partial charge < -0.3 is 9.47 Å². The lowest BCUT2D eigenvalue weighted by molar-refractivity contribution is -0.186. The molecule has 1 heterocycles. The molecular weight excluding hydrogens is 212 g/mol. The van der Waals surface area contributed by atoms with Crippen LogP contribution in [0, 0.1) is 5.41 Å². The van der Waals surface area contributed by atoms with E-state index in [-0.39, 0.29) is 5.41 Å². The van der Waals surface area contributed by atoms with Gasteiger partial charge in [-0.05, 0) is 25.7 Å². The van der Waals surface area contributed by atoms with Crippen LogP contribution in [0.4, 0.5) is 0 Å². The zero-order valence-electron chi connectivity index (χ0n) is 10.7. The van der Waals surface area contributed by atoms with E-state index in [4.69, 9.17) is 9.47 Å². The summed E-state index contributed by atoms with van der Waals surface area (Å²) in [7, 11) is 1.32. The lowest BCUT2D eigenvalue weighted by Crippen LogP contribution is -2.39. The van der Waals surface area contributed by atoms with Gasteiger partial charge in [0.1, 0.15) is 5.60 Å². The van der Waals surface area contributed by atoms with E-state index in [9.17, 15) is 4.79 Å². The van der Waals surface area contributed by atoms with Crippen LogP contribution in [0.15, 0.2) is 0 Å². The molecule has 0 aromatic rings. The Bertz CT molecular complexity index is 273. The average Bonchev–Trinajstić information content (AvgIpc) is 2.77. The maximum absolute atomic E-state index is 11.7. The number of hydrogen-bond acceptors (Lipinski definition) is 5. The fraction of sp³-hybridized carbons (Fsp3) is 0.909. The molecule has 0 aromatic carbocycles. The molecule has 0 aromatic heterocycles. The van der Waals surface area contributed by atoms with Gasteiger partial charge >= 0.3 is 11.9 Å². The van der Waals surface area contributed by atoms with Gasteiger partial charge in [-0.3, -0.25) is 0 Å². The predicted octanol–water partition coefficient (Wildman–Crippen LogP) is 2.01. The monoisotopic (exact) mass is 232 g/mol. The van der Waals surface area contributed by atoms with E-state index in [1.165, 1.54) is 7.11 Å². The first-order valence-electron chi connectivity index (χ1n) is 5.26. The number of carbonyl (C=O) groups excluding carboxylic acids is 1. The van der Waals surface area contributed by atoms with E-state index in [0.717, 1.165) is 6.42 Å². The number of hydrogen-bond donors (Lipinski definition) is 0. The molecule has 0 spiro atoms. The van der Waals surface area contributed by atoms with E-state index in [2.05, 4.69) is 30.5 Å². The summed E-state index contributed by atoms with van der Waals surface area (Å²) in [4.78, 5) is 20.6. The van der Waals surface area contributed by atoms with Crippen molar-refractivity contribution in [2.45, 2.75) is 52.6 Å². The van der Waals surface area contributed by atoms with Crippen molar-refractivity contribution in [2.75, 3.05) is 7.11 Å². The Kier molecular flexibility index (Phi) is 3.34. The lowest BCUT2D eigenvalue weighted by atomic mass is 9.83. The molecule has 0 saturated carbocycles. The highest BCUT2D eigenvalue weighted by Gasteiger charge is 2.61. The Labute approximate surface area is 95.9 Å². The molecule has 0 aliphatic carbocycles. The number of ether oxygens (including phenoxy) is 2. The Morgan fingerprint density at radius 3 is 2.00 bits per heavy atom. The maximum Gasteiger partial charge on any atom is 0.439 e. The zero-order valence-corrected chi connectivity index (χ0v) is 10.7. The fourth-order valence-electron chi connectivity index (χ4n) is 1.88. The molecule has 5 nitrogen and oxygen atoms in total. The minimum absolute atomic E-state index is 0.0648. The van der Waals surface area contributed by atoms with Crippen LogP contribution >= 0.6 is 0 Å². The number of rotatable bonds is 4. The summed E-state index contributed by atoms with van der Waals surface area (Å²) in [6, 6.07) is 0. The number of carbonyl (C=O) groups is 1. The summed E-state index contributed by atoms with van der Waals surface area (Å²) in [6.45, 7) is 9.94. The van der Waals surface area contributed by atoms with Crippen LogP contribution in [0.1, 0.15) is 41.0 Å². The first kappa shape index (κ1) is 13.4. The Morgan fingerprint density at radius 2 is 1.69 bits per heavy atom. The van der Waals surface area contributed by atoms with E-state index in [1.807, 2.05) is 13.8 Å². The number of methoxy groups -OCH3 is 1. The van der Waals surface area contributed by atoms with E-state index < -0.39 is 17.5 Å². The van der Waals surface area contributed by atoms with Crippen molar-refractivity contribution in [3.05, 3.63) is 0 Å². The first-order valence-corrected chi connectivity index (χ1v) is 5.26. The molecule has 0 unspecified atom stereocenters. The Hall–Kier alpha value is -0.650. The molecule has 0 radical (unpaired) electrons. The third-order valence-corrected chi connectivity index (χ3v) is 2.08. The third-order valence-electron chi connectivity index (χ3n) is 2.08.